The molecule has 0 bridgehead atoms. The predicted octanol–water partition coefficient (Wildman–Crippen LogP) is 4.41. The van der Waals surface area contributed by atoms with Crippen molar-refractivity contribution in [3.63, 3.8) is 0 Å². The highest BCUT2D eigenvalue weighted by Crippen LogP contribution is 2.22. The third kappa shape index (κ3) is 3.97. The Hall–Kier alpha value is -1.11. The van der Waals surface area contributed by atoms with Crippen molar-refractivity contribution in [1.82, 2.24) is 0 Å². The largest absolute Gasteiger partial charge is 0.203 e. The van der Waals surface area contributed by atoms with Crippen LogP contribution in [0.3, 0.4) is 0 Å². The second-order valence-electron chi connectivity index (χ2n) is 4.86. The molecule has 1 nitrogen and oxygen atoms in total. The zero-order valence-corrected chi connectivity index (χ0v) is 12.4. The van der Waals surface area contributed by atoms with E-state index in [1.807, 2.05) is 0 Å². The number of pyridine rings is 1. The third-order valence-electron chi connectivity index (χ3n) is 3.75. The number of allylic oxidation sites excluding steroid dienone is 2. The first-order chi connectivity index (χ1) is 8.76. The van der Waals surface area contributed by atoms with Gasteiger partial charge in [0.05, 0.1) is 0 Å². The maximum absolute atomic E-state index is 2.42. The lowest BCUT2D eigenvalue weighted by Crippen LogP contribution is -2.37. The van der Waals surface area contributed by atoms with E-state index in [0.717, 1.165) is 25.3 Å². The van der Waals surface area contributed by atoms with Crippen molar-refractivity contribution in [2.24, 2.45) is 0 Å². The van der Waals surface area contributed by atoms with Gasteiger partial charge in [0.25, 0.3) is 0 Å². The van der Waals surface area contributed by atoms with E-state index in [4.69, 9.17) is 0 Å². The molecule has 0 amide bonds. The van der Waals surface area contributed by atoms with Gasteiger partial charge in [0.15, 0.2) is 11.9 Å². The predicted molar refractivity (Wildman–Crippen MR) is 78.8 cm³/mol. The molecule has 1 aromatic heterocycles. The summed E-state index contributed by atoms with van der Waals surface area (Å²) in [7, 11) is 0. The highest BCUT2D eigenvalue weighted by molar-refractivity contribution is 5.18. The van der Waals surface area contributed by atoms with Crippen LogP contribution in [0.2, 0.25) is 0 Å². The molecule has 1 heteroatoms. The zero-order valence-electron chi connectivity index (χ0n) is 12.4. The summed E-state index contributed by atoms with van der Waals surface area (Å²) < 4.78 is 2.37. The van der Waals surface area contributed by atoms with Crippen LogP contribution in [0.15, 0.2) is 30.5 Å². The number of aryl methyl sites for hydroxylation is 2. The first-order valence-corrected chi connectivity index (χ1v) is 7.40. The molecular formula is C17H28N+. The molecule has 0 aliphatic rings. The van der Waals surface area contributed by atoms with Gasteiger partial charge in [-0.25, -0.2) is 4.57 Å². The van der Waals surface area contributed by atoms with Gasteiger partial charge in [-0.1, -0.05) is 26.0 Å². The van der Waals surface area contributed by atoms with E-state index in [0.29, 0.717) is 0 Å². The van der Waals surface area contributed by atoms with Crippen molar-refractivity contribution in [1.29, 1.82) is 0 Å². The Morgan fingerprint density at radius 3 is 2.50 bits per heavy atom. The quantitative estimate of drug-likeness (QED) is 0.496. The normalized spacial score (nSPS) is 11.6. The Morgan fingerprint density at radius 2 is 1.94 bits per heavy atom. The molecule has 0 saturated carbocycles. The van der Waals surface area contributed by atoms with Crippen LogP contribution in [-0.2, 0) is 13.0 Å². The minimum Gasteiger partial charge on any atom is -0.203 e. The van der Waals surface area contributed by atoms with E-state index >= 15 is 0 Å². The van der Waals surface area contributed by atoms with Gasteiger partial charge in [-0.05, 0) is 44.6 Å². The van der Waals surface area contributed by atoms with Crippen molar-refractivity contribution in [3.8, 4) is 0 Å². The second-order valence-corrected chi connectivity index (χ2v) is 4.86. The number of nitrogens with zero attached hydrogens (tertiary/aromatic N) is 1. The summed E-state index contributed by atoms with van der Waals surface area (Å²) in [4.78, 5) is 0. The molecule has 0 aliphatic carbocycles. The van der Waals surface area contributed by atoms with Crippen LogP contribution >= 0.6 is 0 Å². The number of aromatic nitrogens is 1. The lowest BCUT2D eigenvalue weighted by Gasteiger charge is -2.13. The van der Waals surface area contributed by atoms with E-state index in [1.165, 1.54) is 24.1 Å². The van der Waals surface area contributed by atoms with Crippen LogP contribution in [0.5, 0.6) is 0 Å². The smallest absolute Gasteiger partial charge is 0.181 e. The van der Waals surface area contributed by atoms with E-state index in [1.54, 1.807) is 0 Å². The Balaban J connectivity index is 2.93. The topological polar surface area (TPSA) is 3.88 Å². The fourth-order valence-electron chi connectivity index (χ4n) is 2.53. The maximum Gasteiger partial charge on any atom is 0.181 e. The molecule has 0 unspecified atom stereocenters. The Morgan fingerprint density at radius 1 is 1.22 bits per heavy atom. The molecule has 1 rings (SSSR count). The molecule has 100 valence electrons. The van der Waals surface area contributed by atoms with E-state index in [-0.39, 0.29) is 0 Å². The summed E-state index contributed by atoms with van der Waals surface area (Å²) in [6, 6.07) is 4.73. The SMILES string of the molecule is C/C=C\CCc1cc(C(CC)CC)cc[n+]1CC. The molecule has 0 spiro atoms. The average Bonchev–Trinajstić information content (AvgIpc) is 2.41. The number of hydrogen-bond donors (Lipinski definition) is 0. The second kappa shape index (κ2) is 8.07. The fourth-order valence-corrected chi connectivity index (χ4v) is 2.53. The first kappa shape index (κ1) is 14.9. The number of hydrogen-bond acceptors (Lipinski definition) is 0. The van der Waals surface area contributed by atoms with Crippen molar-refractivity contribution >= 4 is 0 Å². The molecule has 1 aromatic rings. The van der Waals surface area contributed by atoms with Crippen LogP contribution in [0.1, 0.15) is 64.1 Å². The highest BCUT2D eigenvalue weighted by atomic mass is 14.9. The highest BCUT2D eigenvalue weighted by Gasteiger charge is 2.13. The minimum atomic E-state index is 0.719. The molecule has 0 fully saturated rings. The van der Waals surface area contributed by atoms with Gasteiger partial charge in [-0.15, -0.1) is 0 Å². The monoisotopic (exact) mass is 246 g/mol. The molecule has 1 heterocycles. The summed E-state index contributed by atoms with van der Waals surface area (Å²) >= 11 is 0. The van der Waals surface area contributed by atoms with Gasteiger partial charge in [0.2, 0.25) is 0 Å². The molecule has 0 aliphatic heterocycles. The molecular weight excluding hydrogens is 218 g/mol. The maximum atomic E-state index is 2.42. The average molecular weight is 246 g/mol. The molecule has 0 aromatic carbocycles. The molecule has 18 heavy (non-hydrogen) atoms. The zero-order chi connectivity index (χ0) is 13.4. The van der Waals surface area contributed by atoms with Gasteiger partial charge in [0.1, 0.15) is 6.54 Å². The summed E-state index contributed by atoms with van der Waals surface area (Å²) in [6.45, 7) is 9.95. The van der Waals surface area contributed by atoms with Crippen LogP contribution in [0.25, 0.3) is 0 Å². The van der Waals surface area contributed by atoms with E-state index in [9.17, 15) is 0 Å². The Bertz CT molecular complexity index is 375. The van der Waals surface area contributed by atoms with Gasteiger partial charge in [0, 0.05) is 18.6 Å². The van der Waals surface area contributed by atoms with Crippen molar-refractivity contribution in [2.75, 3.05) is 0 Å². The van der Waals surface area contributed by atoms with Crippen molar-refractivity contribution in [2.45, 2.75) is 65.8 Å². The molecule has 0 radical (unpaired) electrons. The Labute approximate surface area is 113 Å². The summed E-state index contributed by atoms with van der Waals surface area (Å²) in [5.74, 6) is 0.719. The summed E-state index contributed by atoms with van der Waals surface area (Å²) in [5.41, 5.74) is 2.99. The third-order valence-corrected chi connectivity index (χ3v) is 3.75. The van der Waals surface area contributed by atoms with E-state index in [2.05, 4.69) is 62.7 Å². The van der Waals surface area contributed by atoms with Crippen molar-refractivity contribution < 1.29 is 4.57 Å². The number of rotatable bonds is 7. The Kier molecular flexibility index (Phi) is 6.70. The van der Waals surface area contributed by atoms with Crippen LogP contribution in [-0.4, -0.2) is 0 Å². The van der Waals surface area contributed by atoms with Crippen LogP contribution in [0.4, 0.5) is 0 Å². The summed E-state index contributed by atoms with van der Waals surface area (Å²) in [6.07, 6.45) is 11.4. The van der Waals surface area contributed by atoms with E-state index < -0.39 is 0 Å². The molecule has 0 saturated heterocycles. The standard InChI is InChI=1S/C17H28N/c1-5-9-10-11-17-14-16(15(6-2)7-3)12-13-18(17)8-4/h5,9,12-15H,6-8,10-11H2,1-4H3/q+1/b9-5-. The van der Waals surface area contributed by atoms with Gasteiger partial charge in [-0.2, -0.15) is 0 Å². The first-order valence-electron chi connectivity index (χ1n) is 7.40. The lowest BCUT2D eigenvalue weighted by molar-refractivity contribution is -0.700. The van der Waals surface area contributed by atoms with Crippen LogP contribution < -0.4 is 4.57 Å². The summed E-state index contributed by atoms with van der Waals surface area (Å²) in [5, 5.41) is 0. The van der Waals surface area contributed by atoms with Gasteiger partial charge in [-0.3, -0.25) is 0 Å². The lowest BCUT2D eigenvalue weighted by atomic mass is 9.93. The molecule has 0 N–H and O–H groups in total. The molecule has 0 atom stereocenters. The van der Waals surface area contributed by atoms with Gasteiger partial charge >= 0.3 is 0 Å². The minimum absolute atomic E-state index is 0.719. The van der Waals surface area contributed by atoms with Crippen molar-refractivity contribution in [3.05, 3.63) is 41.7 Å². The fraction of sp³-hybridized carbons (Fsp3) is 0.588. The van der Waals surface area contributed by atoms with Gasteiger partial charge < -0.3 is 0 Å². The van der Waals surface area contributed by atoms with Crippen LogP contribution in [0, 0.1) is 0 Å².